The number of methoxy groups -OCH3 is 2. The molecular weight excluding hydrogens is 506 g/mol. The second-order valence-corrected chi connectivity index (χ2v) is 11.0. The highest BCUT2D eigenvalue weighted by Crippen LogP contribution is 2.47. The van der Waals surface area contributed by atoms with Gasteiger partial charge in [0.2, 0.25) is 13.6 Å². The van der Waals surface area contributed by atoms with E-state index in [1.54, 1.807) is 24.4 Å². The van der Waals surface area contributed by atoms with Crippen LogP contribution >= 0.6 is 11.8 Å². The molecule has 3 heterocycles. The van der Waals surface area contributed by atoms with Gasteiger partial charge in [-0.15, -0.1) is 0 Å². The monoisotopic (exact) mass is 527 g/mol. The molecule has 3 aromatic rings. The second kappa shape index (κ2) is 8.75. The fraction of sp³-hybridized carbons (Fsp3) is 0.200. The summed E-state index contributed by atoms with van der Waals surface area (Å²) in [5, 5.41) is 0. The van der Waals surface area contributed by atoms with Crippen LogP contribution in [0.5, 0.6) is 34.5 Å². The molecule has 0 atom stereocenters. The average molecular weight is 528 g/mol. The molecule has 9 nitrogen and oxygen atoms in total. The molecule has 0 aliphatic carbocycles. The Morgan fingerprint density at radius 3 is 2.19 bits per heavy atom. The minimum absolute atomic E-state index is 0.109. The first-order valence-corrected chi connectivity index (χ1v) is 13.2. The first-order valence-electron chi connectivity index (χ1n) is 10.9. The van der Waals surface area contributed by atoms with E-state index >= 15 is 0 Å². The Hall–Kier alpha value is -3.70. The Balaban J connectivity index is 1.43. The summed E-state index contributed by atoms with van der Waals surface area (Å²) in [7, 11) is -0.906. The van der Waals surface area contributed by atoms with E-state index in [2.05, 4.69) is 0 Å². The number of rotatable bonds is 6. The maximum absolute atomic E-state index is 13.7. The van der Waals surface area contributed by atoms with E-state index in [1.807, 2.05) is 24.3 Å². The highest BCUT2D eigenvalue weighted by Gasteiger charge is 2.34. The number of ether oxygens (including phenoxy) is 6. The number of hydrogen-bond donors (Lipinski definition) is 0. The zero-order valence-electron chi connectivity index (χ0n) is 19.3. The van der Waals surface area contributed by atoms with E-state index in [0.29, 0.717) is 40.1 Å². The summed E-state index contributed by atoms with van der Waals surface area (Å²) in [5.74, 6) is 3.32. The summed E-state index contributed by atoms with van der Waals surface area (Å²) in [4.78, 5) is 1.72. The van der Waals surface area contributed by atoms with Gasteiger partial charge >= 0.3 is 0 Å². The predicted octanol–water partition coefficient (Wildman–Crippen LogP) is 4.46. The highest BCUT2D eigenvalue weighted by molar-refractivity contribution is 8.08. The number of sulfonamides is 1. The predicted molar refractivity (Wildman–Crippen MR) is 131 cm³/mol. The van der Waals surface area contributed by atoms with E-state index in [1.165, 1.54) is 36.4 Å². The molecule has 0 amide bonds. The Kier molecular flexibility index (Phi) is 5.53. The van der Waals surface area contributed by atoms with Crippen LogP contribution < -0.4 is 28.4 Å². The number of thioether (sulfide) groups is 1. The van der Waals surface area contributed by atoms with Crippen molar-refractivity contribution in [1.29, 1.82) is 0 Å². The number of nitrogens with zero attached hydrogens (tertiary/aromatic N) is 1. The van der Waals surface area contributed by atoms with E-state index < -0.39 is 10.0 Å². The Morgan fingerprint density at radius 2 is 1.47 bits per heavy atom. The molecule has 3 aliphatic heterocycles. The topological polar surface area (TPSA) is 92.8 Å². The Morgan fingerprint density at radius 1 is 0.833 bits per heavy atom. The molecular formula is C25H21NO8S2. The average Bonchev–Trinajstić information content (AvgIpc) is 3.55. The van der Waals surface area contributed by atoms with Crippen LogP contribution in [0, 0.1) is 0 Å². The van der Waals surface area contributed by atoms with Crippen molar-refractivity contribution in [3.63, 3.8) is 0 Å². The lowest BCUT2D eigenvalue weighted by atomic mass is 10.1. The van der Waals surface area contributed by atoms with Crippen molar-refractivity contribution in [2.75, 3.05) is 27.8 Å². The van der Waals surface area contributed by atoms with E-state index in [0.717, 1.165) is 15.4 Å². The molecule has 3 aromatic carbocycles. The van der Waals surface area contributed by atoms with Crippen molar-refractivity contribution < 1.29 is 36.8 Å². The molecule has 0 N–H and O–H groups in total. The molecule has 3 aliphatic rings. The van der Waals surface area contributed by atoms with Crippen molar-refractivity contribution in [1.82, 2.24) is 4.31 Å². The maximum atomic E-state index is 13.7. The Bertz CT molecular complexity index is 1500. The lowest BCUT2D eigenvalue weighted by molar-refractivity contribution is 0.173. The minimum Gasteiger partial charge on any atom is -0.493 e. The van der Waals surface area contributed by atoms with Gasteiger partial charge < -0.3 is 28.4 Å². The summed E-state index contributed by atoms with van der Waals surface area (Å²) in [6, 6.07) is 14.2. The van der Waals surface area contributed by atoms with Crippen LogP contribution in [0.3, 0.4) is 0 Å². The zero-order valence-corrected chi connectivity index (χ0v) is 21.0. The van der Waals surface area contributed by atoms with Gasteiger partial charge in [-0.05, 0) is 42.0 Å². The lowest BCUT2D eigenvalue weighted by Gasteiger charge is -2.29. The fourth-order valence-corrected chi connectivity index (χ4v) is 6.83. The number of hydrogen-bond acceptors (Lipinski definition) is 9. The van der Waals surface area contributed by atoms with Crippen LogP contribution in [-0.4, -0.2) is 40.5 Å². The number of fused-ring (bicyclic) bond motifs is 3. The fourth-order valence-electron chi connectivity index (χ4n) is 4.16. The molecule has 0 aromatic heterocycles. The normalized spacial score (nSPS) is 16.4. The van der Waals surface area contributed by atoms with Crippen LogP contribution in [0.2, 0.25) is 0 Å². The van der Waals surface area contributed by atoms with Gasteiger partial charge in [0.1, 0.15) is 0 Å². The van der Waals surface area contributed by atoms with E-state index in [-0.39, 0.29) is 25.0 Å². The SMILES string of the molecule is COc1cc2c(cc1OC)S(=O)(=O)N(Cc1ccc3c(c1)OCO3)C=C2Sc1ccc2c(c1)OCO2. The van der Waals surface area contributed by atoms with Crippen molar-refractivity contribution in [3.8, 4) is 34.5 Å². The standard InChI is InChI=1S/C25H21NO8S2/c1-29-20-9-17-24(35-16-4-6-19-23(8-16)34-14-32-19)12-26(36(27,28)25(17)10-21(20)30-2)11-15-3-5-18-22(7-15)33-13-31-18/h3-10,12H,11,13-14H2,1-2H3. The summed E-state index contributed by atoms with van der Waals surface area (Å²) in [6.07, 6.45) is 1.64. The Labute approximate surface area is 212 Å². The molecule has 0 unspecified atom stereocenters. The van der Waals surface area contributed by atoms with Gasteiger partial charge in [-0.1, -0.05) is 17.8 Å². The van der Waals surface area contributed by atoms with Gasteiger partial charge in [0, 0.05) is 27.6 Å². The summed E-state index contributed by atoms with van der Waals surface area (Å²) in [5.41, 5.74) is 1.28. The molecule has 0 radical (unpaired) electrons. The molecule has 11 heteroatoms. The van der Waals surface area contributed by atoms with E-state index in [9.17, 15) is 8.42 Å². The number of benzene rings is 3. The summed E-state index contributed by atoms with van der Waals surface area (Å²) >= 11 is 1.42. The van der Waals surface area contributed by atoms with Crippen molar-refractivity contribution in [3.05, 3.63) is 65.9 Å². The molecule has 0 fully saturated rings. The molecule has 186 valence electrons. The van der Waals surface area contributed by atoms with Crippen LogP contribution in [0.25, 0.3) is 4.91 Å². The van der Waals surface area contributed by atoms with Crippen molar-refractivity contribution in [2.24, 2.45) is 0 Å². The third-order valence-electron chi connectivity index (χ3n) is 5.95. The first kappa shape index (κ1) is 22.7. The lowest BCUT2D eigenvalue weighted by Crippen LogP contribution is -2.29. The minimum atomic E-state index is -3.90. The van der Waals surface area contributed by atoms with Gasteiger partial charge in [0.05, 0.1) is 25.7 Å². The van der Waals surface area contributed by atoms with Crippen LogP contribution in [0.1, 0.15) is 11.1 Å². The molecule has 0 bridgehead atoms. The first-order chi connectivity index (χ1) is 17.5. The summed E-state index contributed by atoms with van der Waals surface area (Å²) in [6.45, 7) is 0.428. The molecule has 0 saturated carbocycles. The second-order valence-electron chi connectivity index (χ2n) is 8.05. The molecule has 36 heavy (non-hydrogen) atoms. The summed E-state index contributed by atoms with van der Waals surface area (Å²) < 4.78 is 61.5. The van der Waals surface area contributed by atoms with Crippen molar-refractivity contribution in [2.45, 2.75) is 16.3 Å². The van der Waals surface area contributed by atoms with Gasteiger partial charge in [-0.3, -0.25) is 4.31 Å². The third kappa shape index (κ3) is 3.84. The van der Waals surface area contributed by atoms with Gasteiger partial charge in [0.15, 0.2) is 34.5 Å². The molecule has 0 saturated heterocycles. The third-order valence-corrected chi connectivity index (χ3v) is 8.73. The van der Waals surface area contributed by atoms with E-state index in [4.69, 9.17) is 28.4 Å². The van der Waals surface area contributed by atoms with Gasteiger partial charge in [0.25, 0.3) is 10.0 Å². The molecule has 6 rings (SSSR count). The van der Waals surface area contributed by atoms with Crippen LogP contribution in [-0.2, 0) is 16.6 Å². The van der Waals surface area contributed by atoms with Crippen LogP contribution in [0.15, 0.2) is 64.5 Å². The quantitative estimate of drug-likeness (QED) is 0.461. The molecule has 0 spiro atoms. The van der Waals surface area contributed by atoms with Crippen molar-refractivity contribution >= 4 is 26.7 Å². The maximum Gasteiger partial charge on any atom is 0.264 e. The van der Waals surface area contributed by atoms with Gasteiger partial charge in [-0.2, -0.15) is 0 Å². The zero-order chi connectivity index (χ0) is 24.9. The van der Waals surface area contributed by atoms with Crippen LogP contribution in [0.4, 0.5) is 0 Å². The largest absolute Gasteiger partial charge is 0.493 e. The van der Waals surface area contributed by atoms with Gasteiger partial charge in [-0.25, -0.2) is 8.42 Å². The highest BCUT2D eigenvalue weighted by atomic mass is 32.2. The smallest absolute Gasteiger partial charge is 0.264 e.